The van der Waals surface area contributed by atoms with Gasteiger partial charge in [0.05, 0.1) is 24.4 Å². The molecule has 2 heterocycles. The van der Waals surface area contributed by atoms with Crippen LogP contribution < -0.4 is 11.5 Å². The molecule has 5 atom stereocenters. The first-order valence-electron chi connectivity index (χ1n) is 15.1. The standard InChI is InChI=1S/2C10H20O2.C5H11N2.C5H7N2.Ni/c2*1-8(11)7-10(12)9-5-3-2-4-6-9;2*6-5-2-1-3-7-4-5;/h2*8-12H,2-7H2,1H3;5H,1-4,6H2;1-3H,4,6H2;/q;;2*-1;+2. The third-order valence-electron chi connectivity index (χ3n) is 7.58. The first kappa shape index (κ1) is 38.3. The Kier molecular flexibility index (Phi) is 23.6. The molecule has 39 heavy (non-hydrogen) atoms. The fraction of sp³-hybridized carbons (Fsp3) is 0.867. The van der Waals surface area contributed by atoms with Crippen LogP contribution in [0.4, 0.5) is 0 Å². The van der Waals surface area contributed by atoms with Gasteiger partial charge in [-0.25, -0.2) is 0 Å². The van der Waals surface area contributed by atoms with Crippen molar-refractivity contribution >= 4 is 0 Å². The molecule has 8 N–H and O–H groups in total. The molecule has 0 amide bonds. The molecule has 4 rings (SSSR count). The van der Waals surface area contributed by atoms with Crippen molar-refractivity contribution in [1.82, 2.24) is 0 Å². The van der Waals surface area contributed by atoms with Gasteiger partial charge in [0.1, 0.15) is 0 Å². The van der Waals surface area contributed by atoms with Crippen molar-refractivity contribution in [2.45, 2.75) is 134 Å². The van der Waals surface area contributed by atoms with Crippen LogP contribution >= 0.6 is 0 Å². The molecule has 2 saturated carbocycles. The van der Waals surface area contributed by atoms with Crippen molar-refractivity contribution in [3.8, 4) is 0 Å². The Labute approximate surface area is 248 Å². The van der Waals surface area contributed by atoms with Gasteiger partial charge in [-0.05, 0) is 88.4 Å². The summed E-state index contributed by atoms with van der Waals surface area (Å²) in [5, 5.41) is 45.6. The normalized spacial score (nSPS) is 24.7. The smallest absolute Gasteiger partial charge is 0.686 e. The predicted molar refractivity (Wildman–Crippen MR) is 158 cm³/mol. The Bertz CT molecular complexity index is 588. The van der Waals surface area contributed by atoms with Crippen molar-refractivity contribution in [3.63, 3.8) is 0 Å². The van der Waals surface area contributed by atoms with E-state index in [1.54, 1.807) is 20.0 Å². The molecule has 9 heteroatoms. The van der Waals surface area contributed by atoms with Crippen molar-refractivity contribution in [2.75, 3.05) is 19.6 Å². The summed E-state index contributed by atoms with van der Waals surface area (Å²) in [6, 6.07) is 0.369. The summed E-state index contributed by atoms with van der Waals surface area (Å²) in [6.07, 6.45) is 19.9. The summed E-state index contributed by atoms with van der Waals surface area (Å²) < 4.78 is 0. The molecular formula is C30H58N4NiO4. The van der Waals surface area contributed by atoms with Crippen LogP contribution in [0.5, 0.6) is 0 Å². The Morgan fingerprint density at radius 1 is 0.795 bits per heavy atom. The predicted octanol–water partition coefficient (Wildman–Crippen LogP) is 4.61. The largest absolute Gasteiger partial charge is 2.00 e. The number of hydrogen-bond acceptors (Lipinski definition) is 6. The molecule has 2 aliphatic carbocycles. The van der Waals surface area contributed by atoms with E-state index in [9.17, 15) is 10.2 Å². The number of allylic oxidation sites excluding steroid dienone is 2. The summed E-state index contributed by atoms with van der Waals surface area (Å²) >= 11 is 0. The van der Waals surface area contributed by atoms with E-state index in [0.29, 0.717) is 37.3 Å². The number of rotatable bonds is 6. The maximum absolute atomic E-state index is 9.68. The zero-order valence-corrected chi connectivity index (χ0v) is 25.4. The monoisotopic (exact) mass is 596 g/mol. The maximum Gasteiger partial charge on any atom is 2.00 e. The molecule has 0 bridgehead atoms. The van der Waals surface area contributed by atoms with Gasteiger partial charge in [0.15, 0.2) is 0 Å². The van der Waals surface area contributed by atoms with Gasteiger partial charge in [0, 0.05) is 0 Å². The number of nitrogens with zero attached hydrogens (tertiary/aromatic N) is 2. The van der Waals surface area contributed by atoms with Crippen LogP contribution in [-0.4, -0.2) is 70.5 Å². The average molecular weight is 598 g/mol. The molecule has 0 aromatic heterocycles. The van der Waals surface area contributed by atoms with E-state index in [1.807, 2.05) is 12.2 Å². The maximum atomic E-state index is 9.68. The number of piperidine rings is 1. The molecule has 232 valence electrons. The zero-order valence-electron chi connectivity index (χ0n) is 24.4. The van der Waals surface area contributed by atoms with Crippen molar-refractivity contribution in [2.24, 2.45) is 23.3 Å². The van der Waals surface area contributed by atoms with Crippen LogP contribution in [0.25, 0.3) is 10.6 Å². The molecule has 0 spiro atoms. The Morgan fingerprint density at radius 3 is 1.54 bits per heavy atom. The first-order valence-corrected chi connectivity index (χ1v) is 15.1. The second-order valence-electron chi connectivity index (χ2n) is 11.6. The molecule has 0 aromatic rings. The molecule has 8 nitrogen and oxygen atoms in total. The van der Waals surface area contributed by atoms with Gasteiger partial charge < -0.3 is 42.5 Å². The molecule has 3 fully saturated rings. The summed E-state index contributed by atoms with van der Waals surface area (Å²) in [6.45, 7) is 6.07. The van der Waals surface area contributed by atoms with Crippen LogP contribution in [-0.2, 0) is 16.5 Å². The molecule has 4 aliphatic rings. The Balaban J connectivity index is 0.000000504. The number of aliphatic hydroxyl groups excluding tert-OH is 4. The van der Waals surface area contributed by atoms with Gasteiger partial charge in [-0.1, -0.05) is 57.6 Å². The van der Waals surface area contributed by atoms with Gasteiger partial charge in [-0.15, -0.1) is 13.1 Å². The van der Waals surface area contributed by atoms with Gasteiger partial charge in [-0.3, -0.25) is 0 Å². The van der Waals surface area contributed by atoms with Crippen LogP contribution in [0.1, 0.15) is 104 Å². The second-order valence-corrected chi connectivity index (χ2v) is 11.6. The minimum absolute atomic E-state index is 0. The van der Waals surface area contributed by atoms with E-state index in [2.05, 4.69) is 10.6 Å². The molecule has 5 unspecified atom stereocenters. The minimum atomic E-state index is -0.359. The van der Waals surface area contributed by atoms with E-state index < -0.39 is 0 Å². The van der Waals surface area contributed by atoms with Gasteiger partial charge in [-0.2, -0.15) is 6.20 Å². The topological polar surface area (TPSA) is 161 Å². The van der Waals surface area contributed by atoms with Crippen LogP contribution in [0.15, 0.2) is 24.0 Å². The summed E-state index contributed by atoms with van der Waals surface area (Å²) in [7, 11) is 0. The Morgan fingerprint density at radius 2 is 1.28 bits per heavy atom. The fourth-order valence-electron chi connectivity index (χ4n) is 5.37. The van der Waals surface area contributed by atoms with Gasteiger partial charge in [0.25, 0.3) is 0 Å². The van der Waals surface area contributed by atoms with E-state index in [0.717, 1.165) is 44.5 Å². The van der Waals surface area contributed by atoms with E-state index >= 15 is 0 Å². The molecule has 1 saturated heterocycles. The van der Waals surface area contributed by atoms with Crippen LogP contribution in [0, 0.1) is 11.8 Å². The van der Waals surface area contributed by atoms with Crippen molar-refractivity contribution < 1.29 is 36.9 Å². The first-order chi connectivity index (χ1) is 18.2. The van der Waals surface area contributed by atoms with Crippen molar-refractivity contribution in [1.29, 1.82) is 0 Å². The number of nitrogens with two attached hydrogens (primary N) is 2. The quantitative estimate of drug-likeness (QED) is 0.245. The SMILES string of the molecule is CC(O)CC(O)C1CCCCC1.CC(O)CC(O)C1CCCCC1.NC1=CC=C[N-]C1.NC1CCC[N-]C1.[Ni+2]. The van der Waals surface area contributed by atoms with E-state index in [4.69, 9.17) is 21.7 Å². The third-order valence-corrected chi connectivity index (χ3v) is 7.58. The Hall–Kier alpha value is -0.666. The summed E-state index contributed by atoms with van der Waals surface area (Å²) in [5.74, 6) is 0.904. The molecule has 2 aliphatic heterocycles. The third kappa shape index (κ3) is 20.8. The number of aliphatic hydroxyl groups is 4. The van der Waals surface area contributed by atoms with Gasteiger partial charge in [0.2, 0.25) is 0 Å². The van der Waals surface area contributed by atoms with Gasteiger partial charge >= 0.3 is 16.5 Å². The minimum Gasteiger partial charge on any atom is -0.686 e. The molecule has 0 aromatic carbocycles. The van der Waals surface area contributed by atoms with E-state index in [-0.39, 0.29) is 40.9 Å². The summed E-state index contributed by atoms with van der Waals surface area (Å²) in [5.41, 5.74) is 11.7. The zero-order chi connectivity index (χ0) is 28.2. The molecule has 0 radical (unpaired) electrons. The summed E-state index contributed by atoms with van der Waals surface area (Å²) in [4.78, 5) is 0. The van der Waals surface area contributed by atoms with Crippen LogP contribution in [0.2, 0.25) is 0 Å². The van der Waals surface area contributed by atoms with E-state index in [1.165, 1.54) is 51.4 Å². The number of hydrogen-bond donors (Lipinski definition) is 6. The second kappa shape index (κ2) is 24.0. The molecular weight excluding hydrogens is 539 g/mol. The average Bonchev–Trinajstić information content (AvgIpc) is 2.91. The van der Waals surface area contributed by atoms with Crippen molar-refractivity contribution in [3.05, 3.63) is 34.7 Å². The fourth-order valence-corrected chi connectivity index (χ4v) is 5.37. The van der Waals surface area contributed by atoms with Crippen LogP contribution in [0.3, 0.4) is 0 Å².